The highest BCUT2D eigenvalue weighted by Crippen LogP contribution is 2.30. The Kier molecular flexibility index (Phi) is 6.30. The first kappa shape index (κ1) is 18.8. The Bertz CT molecular complexity index is 802. The number of hydrogen-bond acceptors (Lipinski definition) is 4. The molecule has 0 atom stereocenters. The van der Waals surface area contributed by atoms with Crippen molar-refractivity contribution in [3.8, 4) is 11.5 Å². The lowest BCUT2D eigenvalue weighted by Gasteiger charge is -2.10. The zero-order chi connectivity index (χ0) is 19.1. The van der Waals surface area contributed by atoms with E-state index in [2.05, 4.69) is 10.6 Å². The van der Waals surface area contributed by atoms with Gasteiger partial charge in [0.1, 0.15) is 18.1 Å². The fraction of sp³-hybridized carbons (Fsp3) is 0.333. The van der Waals surface area contributed by atoms with Crippen molar-refractivity contribution in [2.24, 2.45) is 5.92 Å². The molecule has 1 aliphatic rings. The molecule has 2 aromatic carbocycles. The smallest absolute Gasteiger partial charge is 0.258 e. The van der Waals surface area contributed by atoms with E-state index < -0.39 is 0 Å². The molecule has 6 nitrogen and oxygen atoms in total. The predicted molar refractivity (Wildman–Crippen MR) is 103 cm³/mol. The average Bonchev–Trinajstić information content (AvgIpc) is 3.49. The Hall–Kier alpha value is -3.02. The van der Waals surface area contributed by atoms with Gasteiger partial charge in [-0.05, 0) is 49.6 Å². The molecule has 0 heterocycles. The van der Waals surface area contributed by atoms with Crippen LogP contribution < -0.4 is 20.1 Å². The van der Waals surface area contributed by atoms with Gasteiger partial charge in [0.25, 0.3) is 5.91 Å². The number of nitrogens with one attached hydrogen (secondary N) is 2. The van der Waals surface area contributed by atoms with Gasteiger partial charge in [0.15, 0.2) is 6.61 Å². The number of aryl methyl sites for hydroxylation is 1. The normalized spacial score (nSPS) is 12.9. The van der Waals surface area contributed by atoms with Crippen LogP contribution in [0.25, 0.3) is 0 Å². The highest BCUT2D eigenvalue weighted by atomic mass is 16.5. The van der Waals surface area contributed by atoms with Crippen LogP contribution in [0.1, 0.15) is 18.4 Å². The molecule has 1 aliphatic carbocycles. The quantitative estimate of drug-likeness (QED) is 0.667. The van der Waals surface area contributed by atoms with E-state index >= 15 is 0 Å². The second kappa shape index (κ2) is 9.07. The number of amides is 2. The molecular weight excluding hydrogens is 344 g/mol. The van der Waals surface area contributed by atoms with E-state index in [0.717, 1.165) is 24.2 Å². The summed E-state index contributed by atoms with van der Waals surface area (Å²) in [5.41, 5.74) is 1.80. The number of anilines is 1. The minimum Gasteiger partial charge on any atom is -0.492 e. The van der Waals surface area contributed by atoms with Gasteiger partial charge in [-0.15, -0.1) is 0 Å². The van der Waals surface area contributed by atoms with Crippen molar-refractivity contribution in [2.75, 3.05) is 25.1 Å². The number of rotatable bonds is 9. The van der Waals surface area contributed by atoms with E-state index in [0.29, 0.717) is 24.6 Å². The van der Waals surface area contributed by atoms with Gasteiger partial charge in [0.2, 0.25) is 5.91 Å². The molecule has 2 N–H and O–H groups in total. The third-order valence-corrected chi connectivity index (χ3v) is 4.10. The second-order valence-corrected chi connectivity index (χ2v) is 6.59. The summed E-state index contributed by atoms with van der Waals surface area (Å²) in [6, 6.07) is 14.8. The lowest BCUT2D eigenvalue weighted by atomic mass is 10.2. The summed E-state index contributed by atoms with van der Waals surface area (Å²) < 4.78 is 11.1. The van der Waals surface area contributed by atoms with Crippen LogP contribution in [0.5, 0.6) is 11.5 Å². The molecule has 142 valence electrons. The summed E-state index contributed by atoms with van der Waals surface area (Å²) in [4.78, 5) is 23.7. The number of carbonyl (C=O) groups excluding carboxylic acids is 2. The molecule has 27 heavy (non-hydrogen) atoms. The minimum absolute atomic E-state index is 0.0403. The van der Waals surface area contributed by atoms with E-state index in [1.807, 2.05) is 31.2 Å². The topological polar surface area (TPSA) is 76.7 Å². The molecule has 3 rings (SSSR count). The summed E-state index contributed by atoms with van der Waals surface area (Å²) in [5, 5.41) is 5.61. The van der Waals surface area contributed by atoms with Crippen molar-refractivity contribution in [1.82, 2.24) is 5.32 Å². The lowest BCUT2D eigenvalue weighted by Crippen LogP contribution is -2.32. The Labute approximate surface area is 158 Å². The summed E-state index contributed by atoms with van der Waals surface area (Å²) in [6.45, 7) is 2.69. The van der Waals surface area contributed by atoms with Crippen LogP contribution in [0.4, 0.5) is 5.69 Å². The predicted octanol–water partition coefficient (Wildman–Crippen LogP) is 2.92. The zero-order valence-electron chi connectivity index (χ0n) is 15.4. The van der Waals surface area contributed by atoms with Gasteiger partial charge in [0, 0.05) is 17.7 Å². The fourth-order valence-electron chi connectivity index (χ4n) is 2.52. The number of hydrogen-bond donors (Lipinski definition) is 2. The van der Waals surface area contributed by atoms with Gasteiger partial charge < -0.3 is 20.1 Å². The van der Waals surface area contributed by atoms with Crippen molar-refractivity contribution in [3.05, 3.63) is 54.1 Å². The highest BCUT2D eigenvalue weighted by Gasteiger charge is 2.29. The SMILES string of the molecule is Cc1cccc(OCCNC(=O)COc2cccc(NC(=O)C3CC3)c2)c1. The third kappa shape index (κ3) is 6.33. The highest BCUT2D eigenvalue weighted by molar-refractivity contribution is 5.94. The Morgan fingerprint density at radius 2 is 1.78 bits per heavy atom. The first-order valence-corrected chi connectivity index (χ1v) is 9.10. The molecule has 1 saturated carbocycles. The van der Waals surface area contributed by atoms with E-state index in [4.69, 9.17) is 9.47 Å². The summed E-state index contributed by atoms with van der Waals surface area (Å²) >= 11 is 0. The van der Waals surface area contributed by atoms with Crippen molar-refractivity contribution in [2.45, 2.75) is 19.8 Å². The molecular formula is C21H24N2O4. The molecule has 2 amide bonds. The number of carbonyl (C=O) groups is 2. The van der Waals surface area contributed by atoms with Crippen LogP contribution in [0.3, 0.4) is 0 Å². The first-order chi connectivity index (χ1) is 13.1. The Balaban J connectivity index is 1.35. The molecule has 0 saturated heterocycles. The molecule has 1 fully saturated rings. The van der Waals surface area contributed by atoms with Crippen LogP contribution in [0, 0.1) is 12.8 Å². The maximum absolute atomic E-state index is 11.9. The summed E-state index contributed by atoms with van der Waals surface area (Å²) in [7, 11) is 0. The molecule has 0 spiro atoms. The zero-order valence-corrected chi connectivity index (χ0v) is 15.4. The van der Waals surface area contributed by atoms with Crippen molar-refractivity contribution in [1.29, 1.82) is 0 Å². The summed E-state index contributed by atoms with van der Waals surface area (Å²) in [6.07, 6.45) is 1.91. The van der Waals surface area contributed by atoms with Gasteiger partial charge in [-0.3, -0.25) is 9.59 Å². The van der Waals surface area contributed by atoms with Crippen LogP contribution in [-0.4, -0.2) is 31.6 Å². The summed E-state index contributed by atoms with van der Waals surface area (Å²) in [5.74, 6) is 1.27. The minimum atomic E-state index is -0.227. The van der Waals surface area contributed by atoms with Crippen molar-refractivity contribution in [3.63, 3.8) is 0 Å². The Morgan fingerprint density at radius 3 is 2.52 bits per heavy atom. The van der Waals surface area contributed by atoms with Crippen LogP contribution in [-0.2, 0) is 9.59 Å². The molecule has 0 aromatic heterocycles. The van der Waals surface area contributed by atoms with Gasteiger partial charge in [-0.1, -0.05) is 18.2 Å². The van der Waals surface area contributed by atoms with Crippen LogP contribution >= 0.6 is 0 Å². The van der Waals surface area contributed by atoms with Gasteiger partial charge in [-0.2, -0.15) is 0 Å². The van der Waals surface area contributed by atoms with Gasteiger partial charge in [0.05, 0.1) is 6.54 Å². The van der Waals surface area contributed by atoms with E-state index in [1.54, 1.807) is 24.3 Å². The third-order valence-electron chi connectivity index (χ3n) is 4.10. The fourth-order valence-corrected chi connectivity index (χ4v) is 2.52. The van der Waals surface area contributed by atoms with Crippen LogP contribution in [0.2, 0.25) is 0 Å². The maximum atomic E-state index is 11.9. The molecule has 6 heteroatoms. The van der Waals surface area contributed by atoms with Gasteiger partial charge >= 0.3 is 0 Å². The largest absolute Gasteiger partial charge is 0.492 e. The van der Waals surface area contributed by atoms with Crippen LogP contribution in [0.15, 0.2) is 48.5 Å². The monoisotopic (exact) mass is 368 g/mol. The maximum Gasteiger partial charge on any atom is 0.258 e. The molecule has 2 aromatic rings. The second-order valence-electron chi connectivity index (χ2n) is 6.59. The van der Waals surface area contributed by atoms with Crippen molar-refractivity contribution < 1.29 is 19.1 Å². The molecule has 0 aliphatic heterocycles. The standard InChI is InChI=1S/C21H24N2O4/c1-15-4-2-6-18(12-15)26-11-10-22-20(24)14-27-19-7-3-5-17(13-19)23-21(25)16-8-9-16/h2-7,12-13,16H,8-11,14H2,1H3,(H,22,24)(H,23,25). The first-order valence-electron chi connectivity index (χ1n) is 9.10. The Morgan fingerprint density at radius 1 is 1.04 bits per heavy atom. The molecule has 0 bridgehead atoms. The molecule has 0 unspecified atom stereocenters. The van der Waals surface area contributed by atoms with E-state index in [9.17, 15) is 9.59 Å². The number of ether oxygens (including phenoxy) is 2. The van der Waals surface area contributed by atoms with E-state index in [-0.39, 0.29) is 24.3 Å². The van der Waals surface area contributed by atoms with E-state index in [1.165, 1.54) is 0 Å². The van der Waals surface area contributed by atoms with Crippen molar-refractivity contribution >= 4 is 17.5 Å². The lowest BCUT2D eigenvalue weighted by molar-refractivity contribution is -0.123. The number of benzene rings is 2. The van der Waals surface area contributed by atoms with Gasteiger partial charge in [-0.25, -0.2) is 0 Å². The molecule has 0 radical (unpaired) electrons. The average molecular weight is 368 g/mol.